The van der Waals surface area contributed by atoms with Gasteiger partial charge in [0.05, 0.1) is 18.2 Å². The quantitative estimate of drug-likeness (QED) is 0.805. The molecule has 2 heteroatoms. The first-order valence-electron chi connectivity index (χ1n) is 5.16. The van der Waals surface area contributed by atoms with Crippen LogP contribution in [0.2, 0.25) is 0 Å². The molecule has 0 spiro atoms. The highest BCUT2D eigenvalue weighted by atomic mass is 14.9. The van der Waals surface area contributed by atoms with Gasteiger partial charge in [0.15, 0.2) is 0 Å². The summed E-state index contributed by atoms with van der Waals surface area (Å²) < 4.78 is 0. The number of rotatable bonds is 3. The van der Waals surface area contributed by atoms with E-state index in [1.807, 2.05) is 12.3 Å². The summed E-state index contributed by atoms with van der Waals surface area (Å²) in [4.78, 5) is 7.20. The number of allylic oxidation sites excluding steroid dienone is 1. The number of aromatic nitrogens is 2. The number of H-pyrrole nitrogens is 1. The average Bonchev–Trinajstić information content (AvgIpc) is 2.80. The van der Waals surface area contributed by atoms with Crippen molar-refractivity contribution in [2.45, 2.75) is 13.3 Å². The maximum atomic E-state index is 4.05. The Morgan fingerprint density at radius 2 is 2.13 bits per heavy atom. The Morgan fingerprint density at radius 3 is 2.73 bits per heavy atom. The Hall–Kier alpha value is -1.83. The van der Waals surface area contributed by atoms with Crippen LogP contribution in [0.3, 0.4) is 0 Å². The van der Waals surface area contributed by atoms with Gasteiger partial charge in [-0.2, -0.15) is 0 Å². The van der Waals surface area contributed by atoms with E-state index in [0.29, 0.717) is 0 Å². The van der Waals surface area contributed by atoms with Crippen LogP contribution >= 0.6 is 0 Å². The summed E-state index contributed by atoms with van der Waals surface area (Å²) in [6.07, 6.45) is 6.79. The van der Waals surface area contributed by atoms with E-state index in [0.717, 1.165) is 12.1 Å². The fraction of sp³-hybridized carbons (Fsp3) is 0.154. The van der Waals surface area contributed by atoms with E-state index in [2.05, 4.69) is 47.2 Å². The summed E-state index contributed by atoms with van der Waals surface area (Å²) in [7, 11) is 0. The minimum absolute atomic E-state index is 1.02. The summed E-state index contributed by atoms with van der Waals surface area (Å²) in [6, 6.07) is 10.4. The van der Waals surface area contributed by atoms with Crippen LogP contribution in [0.25, 0.3) is 5.57 Å². The van der Waals surface area contributed by atoms with Crippen molar-refractivity contribution < 1.29 is 0 Å². The van der Waals surface area contributed by atoms with Crippen LogP contribution in [0.4, 0.5) is 0 Å². The lowest BCUT2D eigenvalue weighted by Crippen LogP contribution is -1.87. The van der Waals surface area contributed by atoms with Gasteiger partial charge in [-0.15, -0.1) is 0 Å². The molecule has 2 aromatic rings. The highest BCUT2D eigenvalue weighted by Crippen LogP contribution is 2.21. The molecular weight excluding hydrogens is 184 g/mol. The van der Waals surface area contributed by atoms with Gasteiger partial charge < -0.3 is 4.98 Å². The lowest BCUT2D eigenvalue weighted by Gasteiger charge is -2.04. The topological polar surface area (TPSA) is 28.7 Å². The van der Waals surface area contributed by atoms with E-state index in [1.54, 1.807) is 6.33 Å². The molecule has 0 unspecified atom stereocenters. The normalized spacial score (nSPS) is 11.7. The molecule has 0 radical (unpaired) electrons. The Morgan fingerprint density at radius 1 is 1.33 bits per heavy atom. The van der Waals surface area contributed by atoms with Crippen molar-refractivity contribution in [1.29, 1.82) is 0 Å². The van der Waals surface area contributed by atoms with Crippen molar-refractivity contribution in [3.8, 4) is 0 Å². The molecule has 0 saturated heterocycles. The maximum Gasteiger partial charge on any atom is 0.0924 e. The molecule has 0 saturated carbocycles. The van der Waals surface area contributed by atoms with Gasteiger partial charge in [-0.05, 0) is 12.0 Å². The molecule has 76 valence electrons. The predicted octanol–water partition coefficient (Wildman–Crippen LogP) is 3.25. The van der Waals surface area contributed by atoms with Crippen molar-refractivity contribution in [2.24, 2.45) is 0 Å². The molecule has 0 aliphatic rings. The molecule has 1 N–H and O–H groups in total. The Bertz CT molecular complexity index is 427. The van der Waals surface area contributed by atoms with Crippen LogP contribution in [0, 0.1) is 0 Å². The SMILES string of the molecule is CC/C=C(/c1ccccc1)c1cnc[nH]1. The Kier molecular flexibility index (Phi) is 2.98. The molecule has 0 aliphatic heterocycles. The van der Waals surface area contributed by atoms with Gasteiger partial charge in [-0.1, -0.05) is 43.3 Å². The van der Waals surface area contributed by atoms with Gasteiger partial charge in [0.25, 0.3) is 0 Å². The highest BCUT2D eigenvalue weighted by molar-refractivity contribution is 5.77. The molecule has 2 rings (SSSR count). The minimum Gasteiger partial charge on any atom is -0.345 e. The molecule has 2 nitrogen and oxygen atoms in total. The second-order valence-corrected chi connectivity index (χ2v) is 3.36. The van der Waals surface area contributed by atoms with Crippen LogP contribution in [-0.2, 0) is 0 Å². The number of hydrogen-bond acceptors (Lipinski definition) is 1. The number of imidazole rings is 1. The van der Waals surface area contributed by atoms with Crippen LogP contribution in [0.15, 0.2) is 48.9 Å². The molecule has 0 amide bonds. The van der Waals surface area contributed by atoms with Crippen molar-refractivity contribution in [3.05, 3.63) is 60.2 Å². The zero-order valence-electron chi connectivity index (χ0n) is 8.77. The number of nitrogens with zero attached hydrogens (tertiary/aromatic N) is 1. The van der Waals surface area contributed by atoms with Gasteiger partial charge in [-0.3, -0.25) is 0 Å². The third kappa shape index (κ3) is 2.15. The zero-order valence-corrected chi connectivity index (χ0v) is 8.77. The summed E-state index contributed by atoms with van der Waals surface area (Å²) in [5.41, 5.74) is 3.52. The summed E-state index contributed by atoms with van der Waals surface area (Å²) in [5, 5.41) is 0. The Labute approximate surface area is 89.7 Å². The van der Waals surface area contributed by atoms with Crippen molar-refractivity contribution in [1.82, 2.24) is 9.97 Å². The smallest absolute Gasteiger partial charge is 0.0924 e. The molecule has 1 aromatic heterocycles. The lowest BCUT2D eigenvalue weighted by atomic mass is 10.0. The first-order chi connectivity index (χ1) is 7.42. The fourth-order valence-corrected chi connectivity index (χ4v) is 1.61. The van der Waals surface area contributed by atoms with Gasteiger partial charge >= 0.3 is 0 Å². The van der Waals surface area contributed by atoms with E-state index < -0.39 is 0 Å². The molecular formula is C13H14N2. The Balaban J connectivity index is 2.42. The molecule has 0 fully saturated rings. The van der Waals surface area contributed by atoms with Gasteiger partial charge in [0.2, 0.25) is 0 Å². The average molecular weight is 198 g/mol. The van der Waals surface area contributed by atoms with E-state index in [-0.39, 0.29) is 0 Å². The van der Waals surface area contributed by atoms with Crippen LogP contribution < -0.4 is 0 Å². The van der Waals surface area contributed by atoms with E-state index in [9.17, 15) is 0 Å². The van der Waals surface area contributed by atoms with Gasteiger partial charge in [-0.25, -0.2) is 4.98 Å². The summed E-state index contributed by atoms with van der Waals surface area (Å²) in [6.45, 7) is 2.14. The van der Waals surface area contributed by atoms with Crippen molar-refractivity contribution in [3.63, 3.8) is 0 Å². The summed E-state index contributed by atoms with van der Waals surface area (Å²) in [5.74, 6) is 0. The molecule has 15 heavy (non-hydrogen) atoms. The second-order valence-electron chi connectivity index (χ2n) is 3.36. The monoisotopic (exact) mass is 198 g/mol. The number of benzene rings is 1. The third-order valence-electron chi connectivity index (χ3n) is 2.28. The minimum atomic E-state index is 1.02. The molecule has 0 atom stereocenters. The maximum absolute atomic E-state index is 4.05. The number of hydrogen-bond donors (Lipinski definition) is 1. The molecule has 1 heterocycles. The molecule has 0 bridgehead atoms. The van der Waals surface area contributed by atoms with Crippen LogP contribution in [-0.4, -0.2) is 9.97 Å². The fourth-order valence-electron chi connectivity index (χ4n) is 1.61. The zero-order chi connectivity index (χ0) is 10.5. The van der Waals surface area contributed by atoms with Crippen LogP contribution in [0.1, 0.15) is 24.6 Å². The van der Waals surface area contributed by atoms with Crippen molar-refractivity contribution >= 4 is 5.57 Å². The first-order valence-corrected chi connectivity index (χ1v) is 5.16. The van der Waals surface area contributed by atoms with E-state index in [4.69, 9.17) is 0 Å². The van der Waals surface area contributed by atoms with Gasteiger partial charge in [0, 0.05) is 5.57 Å². The van der Waals surface area contributed by atoms with Crippen LogP contribution in [0.5, 0.6) is 0 Å². The van der Waals surface area contributed by atoms with E-state index >= 15 is 0 Å². The second kappa shape index (κ2) is 4.60. The predicted molar refractivity (Wildman–Crippen MR) is 62.4 cm³/mol. The lowest BCUT2D eigenvalue weighted by molar-refractivity contribution is 1.21. The summed E-state index contributed by atoms with van der Waals surface area (Å²) >= 11 is 0. The highest BCUT2D eigenvalue weighted by Gasteiger charge is 2.04. The number of aromatic amines is 1. The molecule has 1 aromatic carbocycles. The first kappa shape index (κ1) is 9.71. The van der Waals surface area contributed by atoms with E-state index in [1.165, 1.54) is 11.1 Å². The largest absolute Gasteiger partial charge is 0.345 e. The van der Waals surface area contributed by atoms with Crippen molar-refractivity contribution in [2.75, 3.05) is 0 Å². The third-order valence-corrected chi connectivity index (χ3v) is 2.28. The standard InChI is InChI=1S/C13H14N2/c1-2-6-12(13-9-14-10-15-13)11-7-4-3-5-8-11/h3-10H,2H2,1H3,(H,14,15)/b12-6-. The molecule has 0 aliphatic carbocycles. The number of nitrogens with one attached hydrogen (secondary N) is 1. The van der Waals surface area contributed by atoms with Gasteiger partial charge in [0.1, 0.15) is 0 Å².